The first-order valence-electron chi connectivity index (χ1n) is 5.87. The minimum Gasteiger partial charge on any atom is -0.384 e. The number of nitrogens with one attached hydrogen (secondary N) is 1. The SMILES string of the molecule is CCCNc1nc(C(C)COC)nc(C)c1F. The van der Waals surface area contributed by atoms with E-state index in [2.05, 4.69) is 15.3 Å². The summed E-state index contributed by atoms with van der Waals surface area (Å²) in [5, 5.41) is 2.97. The van der Waals surface area contributed by atoms with E-state index in [1.807, 2.05) is 13.8 Å². The van der Waals surface area contributed by atoms with Crippen LogP contribution in [0.1, 0.15) is 37.7 Å². The number of halogens is 1. The lowest BCUT2D eigenvalue weighted by molar-refractivity contribution is 0.181. The Morgan fingerprint density at radius 3 is 2.71 bits per heavy atom. The number of rotatable bonds is 6. The van der Waals surface area contributed by atoms with Gasteiger partial charge in [0.15, 0.2) is 11.6 Å². The number of aromatic nitrogens is 2. The zero-order valence-corrected chi connectivity index (χ0v) is 10.9. The molecule has 0 bridgehead atoms. The van der Waals surface area contributed by atoms with Crippen molar-refractivity contribution in [2.24, 2.45) is 0 Å². The highest BCUT2D eigenvalue weighted by atomic mass is 19.1. The van der Waals surface area contributed by atoms with Crippen LogP contribution in [0.2, 0.25) is 0 Å². The number of hydrogen-bond acceptors (Lipinski definition) is 4. The fourth-order valence-corrected chi connectivity index (χ4v) is 1.49. The molecular weight excluding hydrogens is 221 g/mol. The lowest BCUT2D eigenvalue weighted by atomic mass is 10.2. The highest BCUT2D eigenvalue weighted by molar-refractivity contribution is 5.38. The molecule has 0 saturated carbocycles. The van der Waals surface area contributed by atoms with Crippen LogP contribution in [0, 0.1) is 12.7 Å². The Hall–Kier alpha value is -1.23. The van der Waals surface area contributed by atoms with Gasteiger partial charge in [-0.1, -0.05) is 13.8 Å². The molecule has 5 heteroatoms. The molecule has 1 unspecified atom stereocenters. The van der Waals surface area contributed by atoms with Crippen LogP contribution in [0.15, 0.2) is 0 Å². The van der Waals surface area contributed by atoms with Crippen LogP contribution in [0.5, 0.6) is 0 Å². The van der Waals surface area contributed by atoms with Gasteiger partial charge in [-0.15, -0.1) is 0 Å². The largest absolute Gasteiger partial charge is 0.384 e. The summed E-state index contributed by atoms with van der Waals surface area (Å²) < 4.78 is 18.8. The molecule has 0 radical (unpaired) electrons. The smallest absolute Gasteiger partial charge is 0.186 e. The van der Waals surface area contributed by atoms with E-state index in [-0.39, 0.29) is 17.6 Å². The van der Waals surface area contributed by atoms with Gasteiger partial charge in [-0.05, 0) is 13.3 Å². The molecule has 0 aliphatic rings. The van der Waals surface area contributed by atoms with Gasteiger partial charge in [-0.25, -0.2) is 14.4 Å². The molecule has 0 aromatic carbocycles. The molecule has 1 rings (SSSR count). The summed E-state index contributed by atoms with van der Waals surface area (Å²) in [6.45, 7) is 6.86. The van der Waals surface area contributed by atoms with Crippen molar-refractivity contribution in [2.45, 2.75) is 33.1 Å². The Bertz CT molecular complexity index is 371. The van der Waals surface area contributed by atoms with Gasteiger partial charge in [-0.2, -0.15) is 0 Å². The molecule has 4 nitrogen and oxygen atoms in total. The minimum absolute atomic E-state index is 0.0569. The van der Waals surface area contributed by atoms with E-state index in [0.29, 0.717) is 24.7 Å². The van der Waals surface area contributed by atoms with Gasteiger partial charge in [0.1, 0.15) is 5.82 Å². The van der Waals surface area contributed by atoms with Crippen LogP contribution >= 0.6 is 0 Å². The highest BCUT2D eigenvalue weighted by Gasteiger charge is 2.15. The molecule has 1 N–H and O–H groups in total. The molecule has 0 spiro atoms. The van der Waals surface area contributed by atoms with Crippen LogP contribution in [-0.4, -0.2) is 30.2 Å². The average molecular weight is 241 g/mol. The van der Waals surface area contributed by atoms with E-state index in [1.54, 1.807) is 14.0 Å². The molecule has 1 aromatic rings. The van der Waals surface area contributed by atoms with E-state index in [1.165, 1.54) is 0 Å². The Labute approximate surface area is 102 Å². The van der Waals surface area contributed by atoms with Crippen LogP contribution in [0.25, 0.3) is 0 Å². The first-order valence-corrected chi connectivity index (χ1v) is 5.87. The molecule has 0 aliphatic heterocycles. The second-order valence-corrected chi connectivity index (χ2v) is 4.11. The first-order chi connectivity index (χ1) is 8.10. The molecule has 96 valence electrons. The Morgan fingerprint density at radius 1 is 1.41 bits per heavy atom. The Kier molecular flexibility index (Phi) is 5.28. The summed E-state index contributed by atoms with van der Waals surface area (Å²) >= 11 is 0. The highest BCUT2D eigenvalue weighted by Crippen LogP contribution is 2.18. The molecule has 1 heterocycles. The quantitative estimate of drug-likeness (QED) is 0.831. The number of methoxy groups -OCH3 is 1. The molecule has 0 amide bonds. The molecule has 0 fully saturated rings. The van der Waals surface area contributed by atoms with Crippen molar-refractivity contribution in [3.8, 4) is 0 Å². The van der Waals surface area contributed by atoms with Crippen LogP contribution in [-0.2, 0) is 4.74 Å². The average Bonchev–Trinajstić information content (AvgIpc) is 2.31. The van der Waals surface area contributed by atoms with Crippen molar-refractivity contribution < 1.29 is 9.13 Å². The zero-order valence-electron chi connectivity index (χ0n) is 10.9. The summed E-state index contributed by atoms with van der Waals surface area (Å²) in [7, 11) is 1.63. The number of ether oxygens (including phenoxy) is 1. The molecule has 1 atom stereocenters. The van der Waals surface area contributed by atoms with Crippen molar-refractivity contribution in [3.05, 3.63) is 17.3 Å². The Balaban J connectivity index is 2.96. The number of hydrogen-bond donors (Lipinski definition) is 1. The fraction of sp³-hybridized carbons (Fsp3) is 0.667. The second-order valence-electron chi connectivity index (χ2n) is 4.11. The molecule has 0 saturated heterocycles. The van der Waals surface area contributed by atoms with Crippen LogP contribution in [0.3, 0.4) is 0 Å². The standard InChI is InChI=1S/C12H20FN3O/c1-5-6-14-12-10(13)9(3)15-11(16-12)8(2)7-17-4/h8H,5-7H2,1-4H3,(H,14,15,16). The van der Waals surface area contributed by atoms with Crippen molar-refractivity contribution in [1.29, 1.82) is 0 Å². The maximum Gasteiger partial charge on any atom is 0.186 e. The summed E-state index contributed by atoms with van der Waals surface area (Å²) in [6.07, 6.45) is 0.922. The predicted molar refractivity (Wildman–Crippen MR) is 65.8 cm³/mol. The molecule has 0 aliphatic carbocycles. The van der Waals surface area contributed by atoms with Crippen molar-refractivity contribution in [1.82, 2.24) is 9.97 Å². The van der Waals surface area contributed by atoms with Gasteiger partial charge in [0, 0.05) is 19.6 Å². The summed E-state index contributed by atoms with van der Waals surface area (Å²) in [5.74, 6) is 0.593. The third-order valence-corrected chi connectivity index (χ3v) is 2.43. The fourth-order valence-electron chi connectivity index (χ4n) is 1.49. The van der Waals surface area contributed by atoms with Gasteiger partial charge in [-0.3, -0.25) is 0 Å². The van der Waals surface area contributed by atoms with Gasteiger partial charge in [0.2, 0.25) is 0 Å². The summed E-state index contributed by atoms with van der Waals surface area (Å²) in [6, 6.07) is 0. The topological polar surface area (TPSA) is 47.0 Å². The normalized spacial score (nSPS) is 12.5. The minimum atomic E-state index is -0.369. The van der Waals surface area contributed by atoms with E-state index in [4.69, 9.17) is 4.74 Å². The second kappa shape index (κ2) is 6.49. The monoisotopic (exact) mass is 241 g/mol. The summed E-state index contributed by atoms with van der Waals surface area (Å²) in [4.78, 5) is 8.37. The van der Waals surface area contributed by atoms with Crippen LogP contribution < -0.4 is 5.32 Å². The van der Waals surface area contributed by atoms with Crippen molar-refractivity contribution >= 4 is 5.82 Å². The third kappa shape index (κ3) is 3.63. The van der Waals surface area contributed by atoms with E-state index < -0.39 is 0 Å². The molecule has 1 aromatic heterocycles. The maximum absolute atomic E-state index is 13.7. The van der Waals surface area contributed by atoms with Gasteiger partial charge >= 0.3 is 0 Å². The Morgan fingerprint density at radius 2 is 2.12 bits per heavy atom. The van der Waals surface area contributed by atoms with Gasteiger partial charge in [0.05, 0.1) is 12.3 Å². The molecule has 17 heavy (non-hydrogen) atoms. The third-order valence-electron chi connectivity index (χ3n) is 2.43. The lowest BCUT2D eigenvalue weighted by Gasteiger charge is -2.13. The number of anilines is 1. The van der Waals surface area contributed by atoms with E-state index in [0.717, 1.165) is 6.42 Å². The number of nitrogens with zero attached hydrogens (tertiary/aromatic N) is 2. The lowest BCUT2D eigenvalue weighted by Crippen LogP contribution is -2.13. The van der Waals surface area contributed by atoms with Gasteiger partial charge in [0.25, 0.3) is 0 Å². The van der Waals surface area contributed by atoms with E-state index in [9.17, 15) is 4.39 Å². The maximum atomic E-state index is 13.7. The van der Waals surface area contributed by atoms with Crippen molar-refractivity contribution in [2.75, 3.05) is 25.6 Å². The van der Waals surface area contributed by atoms with Gasteiger partial charge < -0.3 is 10.1 Å². The number of aryl methyl sites for hydroxylation is 1. The molecular formula is C12H20FN3O. The van der Waals surface area contributed by atoms with Crippen LogP contribution in [0.4, 0.5) is 10.2 Å². The zero-order chi connectivity index (χ0) is 12.8. The predicted octanol–water partition coefficient (Wildman–Crippen LogP) is 2.50. The van der Waals surface area contributed by atoms with Crippen molar-refractivity contribution in [3.63, 3.8) is 0 Å². The summed E-state index contributed by atoms with van der Waals surface area (Å²) in [5.41, 5.74) is 0.372. The van der Waals surface area contributed by atoms with E-state index >= 15 is 0 Å². The first kappa shape index (κ1) is 13.8.